The van der Waals surface area contributed by atoms with Gasteiger partial charge in [0, 0.05) is 45.6 Å². The van der Waals surface area contributed by atoms with E-state index in [-0.39, 0.29) is 10.9 Å². The van der Waals surface area contributed by atoms with E-state index >= 15 is 0 Å². The molecule has 0 radical (unpaired) electrons. The number of rotatable bonds is 4. The average Bonchev–Trinajstić information content (AvgIpc) is 3.16. The van der Waals surface area contributed by atoms with E-state index in [0.29, 0.717) is 37.7 Å². The summed E-state index contributed by atoms with van der Waals surface area (Å²) in [6.45, 7) is 8.75. The smallest absolute Gasteiger partial charge is 0.195 e. The molecule has 2 nitrogen and oxygen atoms in total. The van der Waals surface area contributed by atoms with Crippen molar-refractivity contribution < 1.29 is 0 Å². The Balaban J connectivity index is 0.000000152. The number of hydrogen-bond acceptors (Lipinski definition) is 6. The van der Waals surface area contributed by atoms with Crippen molar-refractivity contribution in [1.29, 1.82) is 0 Å². The second-order valence-electron chi connectivity index (χ2n) is 12.9. The van der Waals surface area contributed by atoms with E-state index in [2.05, 4.69) is 76.7 Å². The number of hydrogen-bond donors (Lipinski definition) is 1. The zero-order valence-corrected chi connectivity index (χ0v) is 34.9. The van der Waals surface area contributed by atoms with Crippen LogP contribution in [-0.4, -0.2) is 0 Å². The van der Waals surface area contributed by atoms with Gasteiger partial charge in [-0.15, -0.1) is 35.3 Å². The zero-order valence-electron chi connectivity index (χ0n) is 29.3. The quantitative estimate of drug-likeness (QED) is 0.142. The Morgan fingerprint density at radius 1 is 0.528 bits per heavy atom. The molecule has 0 atom stereocenters. The van der Waals surface area contributed by atoms with Gasteiger partial charge >= 0.3 is 0 Å². The Hall–Kier alpha value is -3.33. The van der Waals surface area contributed by atoms with Crippen molar-refractivity contribution in [3.63, 3.8) is 0 Å². The summed E-state index contributed by atoms with van der Waals surface area (Å²) in [4.78, 5) is 28.2. The monoisotopic (exact) mass is 828 g/mol. The number of halogens is 3. The van der Waals surface area contributed by atoms with Crippen LogP contribution in [-0.2, 0) is 0 Å². The Labute approximate surface area is 341 Å². The van der Waals surface area contributed by atoms with Crippen LogP contribution >= 0.6 is 81.9 Å². The molecule has 0 N–H and O–H groups in total. The molecule has 8 aromatic rings. The third-order valence-electron chi connectivity index (χ3n) is 8.62. The maximum Gasteiger partial charge on any atom is 0.195 e. The molecule has 0 fully saturated rings. The van der Waals surface area contributed by atoms with Gasteiger partial charge in [-0.25, -0.2) is 0 Å². The number of benzene rings is 6. The lowest BCUT2D eigenvalue weighted by atomic mass is 10.0. The van der Waals surface area contributed by atoms with Crippen molar-refractivity contribution in [2.24, 2.45) is 0 Å². The van der Waals surface area contributed by atoms with Crippen LogP contribution in [0.15, 0.2) is 146 Å². The van der Waals surface area contributed by atoms with Crippen LogP contribution in [0.4, 0.5) is 0 Å². The van der Waals surface area contributed by atoms with E-state index in [0.717, 1.165) is 44.3 Å². The fourth-order valence-corrected chi connectivity index (χ4v) is 9.78. The molecule has 6 aromatic carbocycles. The lowest BCUT2D eigenvalue weighted by Gasteiger charge is -2.09. The van der Waals surface area contributed by atoms with Gasteiger partial charge in [-0.2, -0.15) is 0 Å². The molecule has 0 amide bonds. The maximum absolute atomic E-state index is 12.8. The highest BCUT2D eigenvalue weighted by Gasteiger charge is 2.13. The van der Waals surface area contributed by atoms with Gasteiger partial charge in [-0.05, 0) is 95.8 Å². The van der Waals surface area contributed by atoms with E-state index < -0.39 is 0 Å². The number of thiol groups is 1. The predicted octanol–water partition coefficient (Wildman–Crippen LogP) is 15.2. The highest BCUT2D eigenvalue weighted by Crippen LogP contribution is 2.40. The molecule has 0 saturated carbocycles. The van der Waals surface area contributed by atoms with Crippen LogP contribution in [0.1, 0.15) is 50.7 Å². The highest BCUT2D eigenvalue weighted by molar-refractivity contribution is 7.99. The maximum atomic E-state index is 12.8. The summed E-state index contributed by atoms with van der Waals surface area (Å²) in [6, 6.07) is 39.3. The van der Waals surface area contributed by atoms with E-state index in [9.17, 15) is 9.59 Å². The summed E-state index contributed by atoms with van der Waals surface area (Å²) in [5.41, 5.74) is 2.75. The topological polar surface area (TPSA) is 34.1 Å². The fourth-order valence-electron chi connectivity index (χ4n) is 5.61. The van der Waals surface area contributed by atoms with Gasteiger partial charge < -0.3 is 0 Å². The van der Waals surface area contributed by atoms with Gasteiger partial charge in [0.2, 0.25) is 0 Å². The van der Waals surface area contributed by atoms with Crippen molar-refractivity contribution in [1.82, 2.24) is 0 Å². The molecular weight excluding hydrogens is 795 g/mol. The summed E-state index contributed by atoms with van der Waals surface area (Å²) in [6.07, 6.45) is 0. The summed E-state index contributed by atoms with van der Waals surface area (Å²) in [5.74, 6) is 1.14. The van der Waals surface area contributed by atoms with E-state index in [1.54, 1.807) is 35.2 Å². The molecule has 8 rings (SSSR count). The fraction of sp³-hybridized carbons (Fsp3) is 0.136. The molecule has 0 saturated heterocycles. The molecule has 0 bridgehead atoms. The Bertz CT molecular complexity index is 2680. The molecule has 0 aliphatic carbocycles. The second-order valence-corrected chi connectivity index (χ2v) is 17.8. The molecule has 0 aliphatic heterocycles. The standard InChI is InChI=1S/C22H17ClOS2.C13H6Cl2OS.C9H12S/c1-13(2)14-7-9-15(10-8-14)25-19-12-11-17-21(24)16-5-3-4-6-18(16)26-22(17)20(19)23;14-9-6-5-8-12(16)7-3-1-2-4-10(7)17-13(8)11(9)15;1-7(2)8-3-5-9(10)6-4-8/h3-13H,1-2H3;1-6H;3-7,10H,1-2H3. The summed E-state index contributed by atoms with van der Waals surface area (Å²) < 4.78 is 3.51. The van der Waals surface area contributed by atoms with Gasteiger partial charge in [0.1, 0.15) is 0 Å². The minimum absolute atomic E-state index is 0.00733. The summed E-state index contributed by atoms with van der Waals surface area (Å²) in [5, 5.41) is 4.39. The van der Waals surface area contributed by atoms with Crippen LogP contribution in [0.25, 0.3) is 40.3 Å². The van der Waals surface area contributed by atoms with Gasteiger partial charge in [-0.3, -0.25) is 9.59 Å². The Morgan fingerprint density at radius 3 is 1.49 bits per heavy atom. The first kappa shape index (κ1) is 39.4. The van der Waals surface area contributed by atoms with Crippen LogP contribution in [0.5, 0.6) is 0 Å². The molecule has 0 spiro atoms. The molecule has 53 heavy (non-hydrogen) atoms. The van der Waals surface area contributed by atoms with Gasteiger partial charge in [0.15, 0.2) is 10.9 Å². The third kappa shape index (κ3) is 8.98. The first-order valence-electron chi connectivity index (χ1n) is 16.9. The van der Waals surface area contributed by atoms with Crippen molar-refractivity contribution in [2.45, 2.75) is 54.2 Å². The molecular formula is C44H35Cl3O2S4. The first-order valence-corrected chi connectivity index (χ1v) is 21.0. The van der Waals surface area contributed by atoms with Gasteiger partial charge in [0.05, 0.1) is 24.5 Å². The SMILES string of the molecule is CC(C)c1ccc(S)cc1.CC(C)c1ccc(Sc2ccc3c(=O)c4ccccc4sc3c2Cl)cc1.O=c1c2ccccc2sc2c(Cl)c(Cl)ccc12. The minimum atomic E-state index is 0.00733. The van der Waals surface area contributed by atoms with E-state index in [1.165, 1.54) is 22.5 Å². The molecule has 2 aromatic heterocycles. The van der Waals surface area contributed by atoms with Crippen LogP contribution in [0, 0.1) is 0 Å². The summed E-state index contributed by atoms with van der Waals surface area (Å²) >= 11 is 27.7. The molecule has 0 aliphatic rings. The largest absolute Gasteiger partial charge is 0.289 e. The molecule has 2 heterocycles. The molecule has 268 valence electrons. The van der Waals surface area contributed by atoms with Crippen molar-refractivity contribution in [3.05, 3.63) is 168 Å². The van der Waals surface area contributed by atoms with Crippen LogP contribution in [0.3, 0.4) is 0 Å². The first-order chi connectivity index (χ1) is 25.4. The van der Waals surface area contributed by atoms with E-state index in [4.69, 9.17) is 34.8 Å². The third-order valence-corrected chi connectivity index (χ3v) is 13.9. The number of fused-ring (bicyclic) bond motifs is 4. The van der Waals surface area contributed by atoms with Gasteiger partial charge in [-0.1, -0.05) is 123 Å². The predicted molar refractivity (Wildman–Crippen MR) is 239 cm³/mol. The van der Waals surface area contributed by atoms with Crippen LogP contribution in [0.2, 0.25) is 15.1 Å². The van der Waals surface area contributed by atoms with Crippen molar-refractivity contribution >= 4 is 122 Å². The van der Waals surface area contributed by atoms with Crippen LogP contribution < -0.4 is 10.9 Å². The van der Waals surface area contributed by atoms with Crippen molar-refractivity contribution in [3.8, 4) is 0 Å². The molecule has 9 heteroatoms. The minimum Gasteiger partial charge on any atom is -0.289 e. The lowest BCUT2D eigenvalue weighted by Crippen LogP contribution is -2.01. The van der Waals surface area contributed by atoms with E-state index in [1.807, 2.05) is 72.8 Å². The Kier molecular flexibility index (Phi) is 12.9. The normalized spacial score (nSPS) is 11.2. The van der Waals surface area contributed by atoms with Gasteiger partial charge in [0.25, 0.3) is 0 Å². The summed E-state index contributed by atoms with van der Waals surface area (Å²) in [7, 11) is 0. The lowest BCUT2D eigenvalue weighted by molar-refractivity contribution is 0.865. The second kappa shape index (κ2) is 17.4. The van der Waals surface area contributed by atoms with Crippen molar-refractivity contribution in [2.75, 3.05) is 0 Å². The zero-order chi connectivity index (χ0) is 37.8. The molecule has 0 unspecified atom stereocenters. The Morgan fingerprint density at radius 2 is 0.981 bits per heavy atom. The average molecular weight is 830 g/mol. The highest BCUT2D eigenvalue weighted by atomic mass is 35.5.